The van der Waals surface area contributed by atoms with Gasteiger partial charge in [-0.25, -0.2) is 0 Å². The average molecular weight is 373 g/mol. The van der Waals surface area contributed by atoms with Crippen LogP contribution in [0.25, 0.3) is 0 Å². The van der Waals surface area contributed by atoms with Gasteiger partial charge in [0.25, 0.3) is 0 Å². The van der Waals surface area contributed by atoms with Gasteiger partial charge >= 0.3 is 11.9 Å². The molecule has 26 heavy (non-hydrogen) atoms. The van der Waals surface area contributed by atoms with Crippen molar-refractivity contribution < 1.29 is 28.7 Å². The molecule has 0 aromatic heterocycles. The quantitative estimate of drug-likeness (QED) is 0.194. The number of quaternary nitrogens is 1. The van der Waals surface area contributed by atoms with E-state index in [0.29, 0.717) is 17.4 Å². The van der Waals surface area contributed by atoms with E-state index in [0.717, 1.165) is 19.3 Å². The van der Waals surface area contributed by atoms with Crippen LogP contribution in [0.2, 0.25) is 0 Å². The van der Waals surface area contributed by atoms with E-state index in [1.807, 2.05) is 21.1 Å². The molecular weight excluding hydrogens is 334 g/mol. The van der Waals surface area contributed by atoms with Crippen LogP contribution in [0.5, 0.6) is 0 Å². The number of ketones is 1. The van der Waals surface area contributed by atoms with Crippen LogP contribution in [-0.2, 0) is 19.1 Å². The van der Waals surface area contributed by atoms with Crippen LogP contribution in [0.4, 0.5) is 0 Å². The molecule has 0 radical (unpaired) electrons. The first-order valence-corrected chi connectivity index (χ1v) is 9.87. The first kappa shape index (κ1) is 24.6. The largest absolute Gasteiger partial charge is 0.481 e. The molecule has 0 saturated heterocycles. The fraction of sp³-hybridized carbons (Fsp3) is 0.850. The molecular formula is C20H38NO5+. The summed E-state index contributed by atoms with van der Waals surface area (Å²) in [7, 11) is 5.70. The molecule has 0 aliphatic rings. The Balaban J connectivity index is 4.00. The standard InChI is InChI=1S/C20H37NO5/c1-5-6-7-8-9-10-11-12-13-17(22)14-20(25)26-18(15-19(23)24)16-21(2,3)4/h18H,5-16H2,1-4H3/p+1. The van der Waals surface area contributed by atoms with Crippen LogP contribution >= 0.6 is 0 Å². The second-order valence-electron chi connectivity index (χ2n) is 8.12. The monoisotopic (exact) mass is 372 g/mol. The van der Waals surface area contributed by atoms with Gasteiger partial charge in [-0.3, -0.25) is 14.4 Å². The molecule has 0 rings (SSSR count). The maximum Gasteiger partial charge on any atom is 0.313 e. The number of rotatable bonds is 16. The lowest BCUT2D eigenvalue weighted by atomic mass is 10.1. The van der Waals surface area contributed by atoms with E-state index in [1.165, 1.54) is 32.1 Å². The summed E-state index contributed by atoms with van der Waals surface area (Å²) in [6.45, 7) is 2.59. The zero-order valence-electron chi connectivity index (χ0n) is 17.1. The first-order chi connectivity index (χ1) is 12.1. The molecule has 6 nitrogen and oxygen atoms in total. The Kier molecular flexibility index (Phi) is 13.0. The van der Waals surface area contributed by atoms with Crippen molar-refractivity contribution in [2.24, 2.45) is 0 Å². The first-order valence-electron chi connectivity index (χ1n) is 9.87. The minimum absolute atomic E-state index is 0.125. The number of hydrogen-bond donors (Lipinski definition) is 1. The number of carbonyl (C=O) groups is 3. The number of nitrogens with zero attached hydrogens (tertiary/aromatic N) is 1. The highest BCUT2D eigenvalue weighted by Gasteiger charge is 2.25. The summed E-state index contributed by atoms with van der Waals surface area (Å²) in [5.41, 5.74) is 0. The Morgan fingerprint density at radius 3 is 1.96 bits per heavy atom. The van der Waals surface area contributed by atoms with Gasteiger partial charge in [-0.1, -0.05) is 51.9 Å². The summed E-state index contributed by atoms with van der Waals surface area (Å²) < 4.78 is 5.72. The van der Waals surface area contributed by atoms with Crippen LogP contribution in [0.15, 0.2) is 0 Å². The highest BCUT2D eigenvalue weighted by Crippen LogP contribution is 2.11. The number of likely N-dealkylation sites (N-methyl/N-ethyl adjacent to an activating group) is 1. The van der Waals surface area contributed by atoms with Crippen molar-refractivity contribution in [1.82, 2.24) is 0 Å². The number of ether oxygens (including phenoxy) is 1. The Labute approximate surface area is 158 Å². The molecule has 6 heteroatoms. The topological polar surface area (TPSA) is 80.7 Å². The number of aliphatic carboxylic acids is 1. The summed E-state index contributed by atoms with van der Waals surface area (Å²) in [6.07, 6.45) is 8.40. The zero-order chi connectivity index (χ0) is 20.0. The molecule has 0 bridgehead atoms. The van der Waals surface area contributed by atoms with Crippen LogP contribution in [-0.4, -0.2) is 61.1 Å². The van der Waals surface area contributed by atoms with Crippen molar-refractivity contribution in [3.63, 3.8) is 0 Å². The number of carbonyl (C=O) groups excluding carboxylic acids is 2. The minimum Gasteiger partial charge on any atom is -0.481 e. The molecule has 152 valence electrons. The second kappa shape index (κ2) is 13.7. The third-order valence-corrected chi connectivity index (χ3v) is 4.10. The Morgan fingerprint density at radius 1 is 0.923 bits per heavy atom. The summed E-state index contributed by atoms with van der Waals surface area (Å²) >= 11 is 0. The van der Waals surface area contributed by atoms with Gasteiger partial charge in [0.15, 0.2) is 6.10 Å². The normalized spacial score (nSPS) is 12.6. The van der Waals surface area contributed by atoms with Crippen molar-refractivity contribution in [3.8, 4) is 0 Å². The van der Waals surface area contributed by atoms with Crippen molar-refractivity contribution in [2.45, 2.75) is 83.7 Å². The third-order valence-electron chi connectivity index (χ3n) is 4.10. The van der Waals surface area contributed by atoms with Gasteiger partial charge in [0.2, 0.25) is 0 Å². The van der Waals surface area contributed by atoms with E-state index >= 15 is 0 Å². The molecule has 1 N–H and O–H groups in total. The summed E-state index contributed by atoms with van der Waals surface area (Å²) in [5.74, 6) is -1.75. The van der Waals surface area contributed by atoms with E-state index in [9.17, 15) is 14.4 Å². The summed E-state index contributed by atoms with van der Waals surface area (Å²) in [6, 6.07) is 0. The van der Waals surface area contributed by atoms with Gasteiger partial charge in [0.1, 0.15) is 18.7 Å². The molecule has 0 spiro atoms. The maximum atomic E-state index is 11.9. The van der Waals surface area contributed by atoms with E-state index in [4.69, 9.17) is 9.84 Å². The number of carboxylic acid groups (broad SMARTS) is 1. The Bertz CT molecular complexity index is 428. The van der Waals surface area contributed by atoms with E-state index < -0.39 is 18.0 Å². The second-order valence-corrected chi connectivity index (χ2v) is 8.12. The molecule has 1 atom stereocenters. The molecule has 0 heterocycles. The van der Waals surface area contributed by atoms with Gasteiger partial charge in [-0.05, 0) is 6.42 Å². The van der Waals surface area contributed by atoms with Gasteiger partial charge in [-0.15, -0.1) is 0 Å². The zero-order valence-corrected chi connectivity index (χ0v) is 17.1. The molecule has 0 aliphatic carbocycles. The van der Waals surface area contributed by atoms with Crippen molar-refractivity contribution >= 4 is 17.7 Å². The van der Waals surface area contributed by atoms with Crippen molar-refractivity contribution in [2.75, 3.05) is 27.7 Å². The number of carboxylic acids is 1. The van der Waals surface area contributed by atoms with Crippen LogP contribution in [0.3, 0.4) is 0 Å². The molecule has 0 amide bonds. The lowest BCUT2D eigenvalue weighted by Gasteiger charge is -2.28. The van der Waals surface area contributed by atoms with Gasteiger partial charge in [0, 0.05) is 6.42 Å². The predicted octanol–water partition coefficient (Wildman–Crippen LogP) is 3.57. The summed E-state index contributed by atoms with van der Waals surface area (Å²) in [4.78, 5) is 34.7. The lowest BCUT2D eigenvalue weighted by Crippen LogP contribution is -2.44. The van der Waals surface area contributed by atoms with Crippen LogP contribution < -0.4 is 0 Å². The maximum absolute atomic E-state index is 11.9. The van der Waals surface area contributed by atoms with E-state index in [1.54, 1.807) is 0 Å². The number of Topliss-reactive ketones (excluding diaryl/α,β-unsaturated/α-hetero) is 1. The third kappa shape index (κ3) is 16.1. The molecule has 0 saturated carbocycles. The summed E-state index contributed by atoms with van der Waals surface area (Å²) in [5, 5.41) is 8.95. The Hall–Kier alpha value is -1.43. The number of esters is 1. The molecule has 0 aromatic carbocycles. The molecule has 0 aliphatic heterocycles. The highest BCUT2D eigenvalue weighted by atomic mass is 16.5. The van der Waals surface area contributed by atoms with Gasteiger partial charge in [-0.2, -0.15) is 0 Å². The average Bonchev–Trinajstić information content (AvgIpc) is 2.47. The fourth-order valence-electron chi connectivity index (χ4n) is 2.88. The SMILES string of the molecule is CCCCCCCCCCC(=O)CC(=O)OC(CC(=O)O)C[N+](C)(C)C. The fourth-order valence-corrected chi connectivity index (χ4v) is 2.88. The lowest BCUT2D eigenvalue weighted by molar-refractivity contribution is -0.873. The van der Waals surface area contributed by atoms with Gasteiger partial charge < -0.3 is 14.3 Å². The van der Waals surface area contributed by atoms with Gasteiger partial charge in [0.05, 0.1) is 27.6 Å². The predicted molar refractivity (Wildman–Crippen MR) is 102 cm³/mol. The van der Waals surface area contributed by atoms with E-state index in [-0.39, 0.29) is 18.6 Å². The number of hydrogen-bond acceptors (Lipinski definition) is 4. The smallest absolute Gasteiger partial charge is 0.313 e. The molecule has 0 fully saturated rings. The highest BCUT2D eigenvalue weighted by molar-refractivity contribution is 5.95. The van der Waals surface area contributed by atoms with Crippen LogP contribution in [0, 0.1) is 0 Å². The van der Waals surface area contributed by atoms with Crippen molar-refractivity contribution in [3.05, 3.63) is 0 Å². The van der Waals surface area contributed by atoms with E-state index in [2.05, 4.69) is 6.92 Å². The molecule has 1 unspecified atom stereocenters. The van der Waals surface area contributed by atoms with Crippen LogP contribution in [0.1, 0.15) is 77.6 Å². The molecule has 0 aromatic rings. The van der Waals surface area contributed by atoms with Crippen molar-refractivity contribution in [1.29, 1.82) is 0 Å². The Morgan fingerprint density at radius 2 is 1.46 bits per heavy atom. The minimum atomic E-state index is -1.01. The number of unbranched alkanes of at least 4 members (excludes halogenated alkanes) is 7.